The fourth-order valence-electron chi connectivity index (χ4n) is 2.78. The van der Waals surface area contributed by atoms with Crippen molar-refractivity contribution < 1.29 is 19.0 Å². The molecule has 7 nitrogen and oxygen atoms in total. The van der Waals surface area contributed by atoms with E-state index in [4.69, 9.17) is 14.2 Å². The minimum Gasteiger partial charge on any atom is -0.497 e. The van der Waals surface area contributed by atoms with Gasteiger partial charge in [0.05, 0.1) is 37.9 Å². The van der Waals surface area contributed by atoms with E-state index in [1.807, 2.05) is 6.92 Å². The number of methoxy groups -OCH3 is 1. The Morgan fingerprint density at radius 3 is 2.75 bits per heavy atom. The zero-order valence-corrected chi connectivity index (χ0v) is 13.7. The molecule has 1 amide bonds. The van der Waals surface area contributed by atoms with Crippen LogP contribution in [-0.2, 0) is 16.0 Å². The van der Waals surface area contributed by atoms with Gasteiger partial charge in [0.25, 0.3) is 11.5 Å². The van der Waals surface area contributed by atoms with Gasteiger partial charge in [0, 0.05) is 24.1 Å². The Morgan fingerprint density at radius 1 is 1.33 bits per heavy atom. The predicted octanol–water partition coefficient (Wildman–Crippen LogP) is 1.13. The second kappa shape index (κ2) is 7.02. The number of hydrogen-bond donors (Lipinski definition) is 1. The van der Waals surface area contributed by atoms with Crippen molar-refractivity contribution in [1.82, 2.24) is 9.88 Å². The number of nitrogens with one attached hydrogen (secondary N) is 1. The van der Waals surface area contributed by atoms with E-state index < -0.39 is 6.29 Å². The Morgan fingerprint density at radius 2 is 2.08 bits per heavy atom. The van der Waals surface area contributed by atoms with Gasteiger partial charge < -0.3 is 24.1 Å². The van der Waals surface area contributed by atoms with Crippen LogP contribution < -0.4 is 15.6 Å². The fourth-order valence-corrected chi connectivity index (χ4v) is 2.78. The van der Waals surface area contributed by atoms with E-state index in [1.165, 1.54) is 6.07 Å². The number of hydrogen-bond acceptors (Lipinski definition) is 5. The number of fused-ring (bicyclic) bond motifs is 1. The summed E-state index contributed by atoms with van der Waals surface area (Å²) in [6.07, 6.45) is -0.465. The predicted molar refractivity (Wildman–Crippen MR) is 88.5 cm³/mol. The van der Waals surface area contributed by atoms with E-state index in [1.54, 1.807) is 29.9 Å². The SMILES string of the molecule is CCNC(=O)c1cc(=O)n(CC2OCCO2)c2cc(OC)ccc12. The standard InChI is InChI=1S/C17H20N2O5/c1-3-18-17(21)13-9-15(20)19(10-16-23-6-7-24-16)14-8-11(22-2)4-5-12(13)14/h4-5,8-9,16H,3,6-7,10H2,1-2H3,(H,18,21). The highest BCUT2D eigenvalue weighted by molar-refractivity contribution is 6.06. The highest BCUT2D eigenvalue weighted by atomic mass is 16.7. The summed E-state index contributed by atoms with van der Waals surface area (Å²) < 4.78 is 17.7. The zero-order chi connectivity index (χ0) is 17.1. The maximum atomic E-state index is 12.6. The summed E-state index contributed by atoms with van der Waals surface area (Å²) in [5, 5.41) is 3.41. The van der Waals surface area contributed by atoms with Crippen molar-refractivity contribution in [3.05, 3.63) is 40.2 Å². The molecule has 0 spiro atoms. The molecule has 1 aliphatic rings. The van der Waals surface area contributed by atoms with Crippen molar-refractivity contribution in [3.63, 3.8) is 0 Å². The first-order chi connectivity index (χ1) is 11.6. The number of aromatic nitrogens is 1. The minimum atomic E-state index is -0.465. The van der Waals surface area contributed by atoms with Gasteiger partial charge in [-0.3, -0.25) is 9.59 Å². The van der Waals surface area contributed by atoms with Gasteiger partial charge in [-0.05, 0) is 19.1 Å². The molecule has 1 aliphatic heterocycles. The average molecular weight is 332 g/mol. The molecule has 2 aromatic rings. The molecule has 3 rings (SSSR count). The molecule has 128 valence electrons. The highest BCUT2D eigenvalue weighted by Gasteiger charge is 2.20. The monoisotopic (exact) mass is 332 g/mol. The maximum absolute atomic E-state index is 12.6. The van der Waals surface area contributed by atoms with E-state index >= 15 is 0 Å². The van der Waals surface area contributed by atoms with Gasteiger partial charge in [-0.2, -0.15) is 0 Å². The number of pyridine rings is 1. The summed E-state index contributed by atoms with van der Waals surface area (Å²) in [5.74, 6) is 0.335. The van der Waals surface area contributed by atoms with E-state index in [0.29, 0.717) is 42.0 Å². The lowest BCUT2D eigenvalue weighted by atomic mass is 10.1. The van der Waals surface area contributed by atoms with Crippen LogP contribution in [-0.4, -0.2) is 43.6 Å². The van der Waals surface area contributed by atoms with Gasteiger partial charge in [0.15, 0.2) is 6.29 Å². The van der Waals surface area contributed by atoms with Crippen LogP contribution in [0.3, 0.4) is 0 Å². The third-order valence-electron chi connectivity index (χ3n) is 3.92. The van der Waals surface area contributed by atoms with Gasteiger partial charge in [-0.1, -0.05) is 0 Å². The third-order valence-corrected chi connectivity index (χ3v) is 3.92. The number of nitrogens with zero attached hydrogens (tertiary/aromatic N) is 1. The van der Waals surface area contributed by atoms with Crippen molar-refractivity contribution in [1.29, 1.82) is 0 Å². The van der Waals surface area contributed by atoms with Crippen molar-refractivity contribution in [2.75, 3.05) is 26.9 Å². The number of carbonyl (C=O) groups is 1. The Kier molecular flexibility index (Phi) is 4.82. The summed E-state index contributed by atoms with van der Waals surface area (Å²) >= 11 is 0. The highest BCUT2D eigenvalue weighted by Crippen LogP contribution is 2.23. The quantitative estimate of drug-likeness (QED) is 0.888. The lowest BCUT2D eigenvalue weighted by Gasteiger charge is -2.16. The Bertz CT molecular complexity index is 808. The van der Waals surface area contributed by atoms with Crippen molar-refractivity contribution >= 4 is 16.8 Å². The summed E-state index contributed by atoms with van der Waals surface area (Å²) in [5.41, 5.74) is 0.683. The molecule has 7 heteroatoms. The van der Waals surface area contributed by atoms with Crippen LogP contribution in [0.4, 0.5) is 0 Å². The number of ether oxygens (including phenoxy) is 3. The maximum Gasteiger partial charge on any atom is 0.252 e. The van der Waals surface area contributed by atoms with Crippen molar-refractivity contribution in [3.8, 4) is 5.75 Å². The molecule has 1 aromatic carbocycles. The molecular weight excluding hydrogens is 312 g/mol. The van der Waals surface area contributed by atoms with Crippen LogP contribution in [0.25, 0.3) is 10.9 Å². The van der Waals surface area contributed by atoms with Crippen LogP contribution in [0.5, 0.6) is 5.75 Å². The van der Waals surface area contributed by atoms with Crippen LogP contribution in [0.1, 0.15) is 17.3 Å². The Balaban J connectivity index is 2.15. The van der Waals surface area contributed by atoms with Crippen molar-refractivity contribution in [2.45, 2.75) is 19.8 Å². The Hall–Kier alpha value is -2.38. The fraction of sp³-hybridized carbons (Fsp3) is 0.412. The molecule has 0 unspecified atom stereocenters. The molecule has 0 atom stereocenters. The molecule has 0 bridgehead atoms. The minimum absolute atomic E-state index is 0.262. The lowest BCUT2D eigenvalue weighted by molar-refractivity contribution is -0.0522. The molecule has 1 saturated heterocycles. The van der Waals surface area contributed by atoms with Crippen LogP contribution >= 0.6 is 0 Å². The van der Waals surface area contributed by atoms with Crippen molar-refractivity contribution in [2.24, 2.45) is 0 Å². The molecule has 24 heavy (non-hydrogen) atoms. The molecule has 2 heterocycles. The molecule has 0 radical (unpaired) electrons. The first-order valence-corrected chi connectivity index (χ1v) is 7.87. The molecular formula is C17H20N2O5. The van der Waals surface area contributed by atoms with Gasteiger partial charge in [-0.25, -0.2) is 0 Å². The molecule has 0 aliphatic carbocycles. The first kappa shape index (κ1) is 16.5. The number of benzene rings is 1. The van der Waals surface area contributed by atoms with Crippen LogP contribution in [0, 0.1) is 0 Å². The Labute approximate surface area is 139 Å². The normalized spacial score (nSPS) is 14.9. The summed E-state index contributed by atoms with van der Waals surface area (Å²) in [7, 11) is 1.56. The third kappa shape index (κ3) is 3.13. The van der Waals surface area contributed by atoms with E-state index in [2.05, 4.69) is 5.32 Å². The molecule has 1 fully saturated rings. The smallest absolute Gasteiger partial charge is 0.252 e. The second-order valence-corrected chi connectivity index (χ2v) is 5.42. The van der Waals surface area contributed by atoms with Gasteiger partial charge >= 0.3 is 0 Å². The summed E-state index contributed by atoms with van der Waals surface area (Å²) in [6.45, 7) is 3.61. The topological polar surface area (TPSA) is 78.8 Å². The summed E-state index contributed by atoms with van der Waals surface area (Å²) in [4.78, 5) is 24.9. The van der Waals surface area contributed by atoms with Crippen LogP contribution in [0.15, 0.2) is 29.1 Å². The average Bonchev–Trinajstić information content (AvgIpc) is 3.10. The van der Waals surface area contributed by atoms with E-state index in [-0.39, 0.29) is 18.0 Å². The largest absolute Gasteiger partial charge is 0.497 e. The van der Waals surface area contributed by atoms with E-state index in [0.717, 1.165) is 0 Å². The second-order valence-electron chi connectivity index (χ2n) is 5.42. The molecule has 1 N–H and O–H groups in total. The zero-order valence-electron chi connectivity index (χ0n) is 13.7. The molecule has 0 saturated carbocycles. The first-order valence-electron chi connectivity index (χ1n) is 7.87. The van der Waals surface area contributed by atoms with Gasteiger partial charge in [-0.15, -0.1) is 0 Å². The number of amides is 1. The lowest BCUT2D eigenvalue weighted by Crippen LogP contribution is -2.30. The van der Waals surface area contributed by atoms with Gasteiger partial charge in [0.1, 0.15) is 5.75 Å². The van der Waals surface area contributed by atoms with E-state index in [9.17, 15) is 9.59 Å². The van der Waals surface area contributed by atoms with Gasteiger partial charge in [0.2, 0.25) is 0 Å². The molecule has 1 aromatic heterocycles. The number of rotatable bonds is 5. The summed E-state index contributed by atoms with van der Waals surface area (Å²) in [6, 6.07) is 6.65. The number of carbonyl (C=O) groups excluding carboxylic acids is 1. The van der Waals surface area contributed by atoms with Crippen LogP contribution in [0.2, 0.25) is 0 Å².